The number of aliphatic carboxylic acids is 1. The number of methoxy groups -OCH3 is 1. The molecule has 3 amide bonds. The number of carboxylic acids is 1. The normalized spacial score (nSPS) is 12.0. The molecule has 0 saturated carbocycles. The van der Waals surface area contributed by atoms with E-state index in [-0.39, 0.29) is 11.7 Å². The van der Waals surface area contributed by atoms with Gasteiger partial charge in [-0.15, -0.1) is 11.8 Å². The van der Waals surface area contributed by atoms with Gasteiger partial charge >= 0.3 is 12.0 Å². The summed E-state index contributed by atoms with van der Waals surface area (Å²) in [5.41, 5.74) is 0. The molecule has 8 heteroatoms. The van der Waals surface area contributed by atoms with Crippen LogP contribution in [0.4, 0.5) is 4.79 Å². The van der Waals surface area contributed by atoms with Gasteiger partial charge in [-0.25, -0.2) is 4.79 Å². The number of rotatable bonds is 8. The SMILES string of the molecule is COCCNC(=O)NC(=O)CSC(C(=O)O)C(C)C. The molecule has 0 spiro atoms. The fourth-order valence-electron chi connectivity index (χ4n) is 1.19. The summed E-state index contributed by atoms with van der Waals surface area (Å²) in [5, 5.41) is 12.8. The first-order valence-electron chi connectivity index (χ1n) is 5.79. The van der Waals surface area contributed by atoms with E-state index < -0.39 is 23.2 Å². The lowest BCUT2D eigenvalue weighted by atomic mass is 10.1. The van der Waals surface area contributed by atoms with Crippen LogP contribution in [0.15, 0.2) is 0 Å². The first kappa shape index (κ1) is 17.7. The number of thioether (sulfide) groups is 1. The third-order valence-corrected chi connectivity index (χ3v) is 3.62. The number of nitrogens with one attached hydrogen (secondary N) is 2. The smallest absolute Gasteiger partial charge is 0.321 e. The zero-order valence-electron chi connectivity index (χ0n) is 11.3. The second-order valence-electron chi connectivity index (χ2n) is 4.11. The van der Waals surface area contributed by atoms with Crippen LogP contribution in [-0.2, 0) is 14.3 Å². The van der Waals surface area contributed by atoms with Gasteiger partial charge in [-0.2, -0.15) is 0 Å². The van der Waals surface area contributed by atoms with E-state index in [1.165, 1.54) is 7.11 Å². The van der Waals surface area contributed by atoms with Gasteiger partial charge in [-0.3, -0.25) is 14.9 Å². The van der Waals surface area contributed by atoms with Crippen LogP contribution >= 0.6 is 11.8 Å². The summed E-state index contributed by atoms with van der Waals surface area (Å²) in [7, 11) is 1.50. The molecule has 0 fully saturated rings. The largest absolute Gasteiger partial charge is 0.480 e. The summed E-state index contributed by atoms with van der Waals surface area (Å²) in [4.78, 5) is 33.5. The van der Waals surface area contributed by atoms with Crippen molar-refractivity contribution in [1.29, 1.82) is 0 Å². The molecular formula is C11H20N2O5S. The van der Waals surface area contributed by atoms with Crippen LogP contribution in [0.3, 0.4) is 0 Å². The lowest BCUT2D eigenvalue weighted by Gasteiger charge is -2.15. The van der Waals surface area contributed by atoms with Crippen LogP contribution < -0.4 is 10.6 Å². The lowest BCUT2D eigenvalue weighted by Crippen LogP contribution is -2.42. The summed E-state index contributed by atoms with van der Waals surface area (Å²) in [6.45, 7) is 4.18. The maximum absolute atomic E-state index is 11.4. The molecule has 0 aromatic carbocycles. The average Bonchev–Trinajstić information content (AvgIpc) is 2.28. The Morgan fingerprint density at radius 1 is 1.32 bits per heavy atom. The first-order valence-corrected chi connectivity index (χ1v) is 6.84. The molecule has 0 rings (SSSR count). The molecule has 1 unspecified atom stereocenters. The molecule has 7 nitrogen and oxygen atoms in total. The highest BCUT2D eigenvalue weighted by Gasteiger charge is 2.23. The Kier molecular flexibility index (Phi) is 8.98. The van der Waals surface area contributed by atoms with Gasteiger partial charge in [-0.05, 0) is 5.92 Å². The van der Waals surface area contributed by atoms with Crippen molar-refractivity contribution in [3.63, 3.8) is 0 Å². The van der Waals surface area contributed by atoms with Gasteiger partial charge in [0.2, 0.25) is 5.91 Å². The van der Waals surface area contributed by atoms with Crippen molar-refractivity contribution in [3.8, 4) is 0 Å². The van der Waals surface area contributed by atoms with E-state index in [0.29, 0.717) is 13.2 Å². The Morgan fingerprint density at radius 2 is 1.95 bits per heavy atom. The summed E-state index contributed by atoms with van der Waals surface area (Å²) in [5.74, 6) is -1.65. The molecule has 110 valence electrons. The third kappa shape index (κ3) is 8.44. The molecule has 0 bridgehead atoms. The average molecular weight is 292 g/mol. The van der Waals surface area contributed by atoms with E-state index >= 15 is 0 Å². The standard InChI is InChI=1S/C11H20N2O5S/c1-7(2)9(10(15)16)19-6-8(14)13-11(17)12-4-5-18-3/h7,9H,4-6H2,1-3H3,(H,15,16)(H2,12,13,14,17). The second kappa shape index (κ2) is 9.62. The van der Waals surface area contributed by atoms with E-state index in [1.807, 2.05) is 0 Å². The van der Waals surface area contributed by atoms with E-state index in [1.54, 1.807) is 13.8 Å². The van der Waals surface area contributed by atoms with E-state index in [9.17, 15) is 14.4 Å². The van der Waals surface area contributed by atoms with Crippen LogP contribution in [0, 0.1) is 5.92 Å². The highest BCUT2D eigenvalue weighted by atomic mass is 32.2. The number of hydrogen-bond donors (Lipinski definition) is 3. The molecule has 1 atom stereocenters. The topological polar surface area (TPSA) is 105 Å². The third-order valence-electron chi connectivity index (χ3n) is 2.09. The van der Waals surface area contributed by atoms with Crippen molar-refractivity contribution in [2.45, 2.75) is 19.1 Å². The maximum Gasteiger partial charge on any atom is 0.321 e. The van der Waals surface area contributed by atoms with Crippen LogP contribution in [0.1, 0.15) is 13.8 Å². The van der Waals surface area contributed by atoms with Gasteiger partial charge in [-0.1, -0.05) is 13.8 Å². The van der Waals surface area contributed by atoms with Gasteiger partial charge in [0.15, 0.2) is 0 Å². The minimum Gasteiger partial charge on any atom is -0.480 e. The molecule has 19 heavy (non-hydrogen) atoms. The summed E-state index contributed by atoms with van der Waals surface area (Å²) >= 11 is 1.000. The Balaban J connectivity index is 3.97. The number of hydrogen-bond acceptors (Lipinski definition) is 5. The van der Waals surface area contributed by atoms with Crippen LogP contribution in [0.2, 0.25) is 0 Å². The fourth-order valence-corrected chi connectivity index (χ4v) is 2.12. The van der Waals surface area contributed by atoms with Gasteiger partial charge in [0, 0.05) is 13.7 Å². The van der Waals surface area contributed by atoms with Crippen LogP contribution in [-0.4, -0.2) is 54.3 Å². The molecular weight excluding hydrogens is 272 g/mol. The lowest BCUT2D eigenvalue weighted by molar-refractivity contribution is -0.137. The second-order valence-corrected chi connectivity index (χ2v) is 5.24. The molecule has 3 N–H and O–H groups in total. The van der Waals surface area contributed by atoms with Crippen LogP contribution in [0.5, 0.6) is 0 Å². The van der Waals surface area contributed by atoms with E-state index in [4.69, 9.17) is 9.84 Å². The van der Waals surface area contributed by atoms with Gasteiger partial charge in [0.1, 0.15) is 5.25 Å². The minimum atomic E-state index is -0.961. The quantitative estimate of drug-likeness (QED) is 0.556. The van der Waals surface area contributed by atoms with Crippen molar-refractivity contribution >= 4 is 29.7 Å². The van der Waals surface area contributed by atoms with Crippen molar-refractivity contribution < 1.29 is 24.2 Å². The summed E-state index contributed by atoms with van der Waals surface area (Å²) < 4.78 is 4.73. The number of urea groups is 1. The molecule has 0 radical (unpaired) electrons. The highest BCUT2D eigenvalue weighted by molar-refractivity contribution is 8.01. The van der Waals surface area contributed by atoms with Crippen LogP contribution in [0.25, 0.3) is 0 Å². The number of amides is 3. The molecule has 0 aromatic rings. The molecule has 0 aliphatic carbocycles. The van der Waals surface area contributed by atoms with Gasteiger partial charge in [0.25, 0.3) is 0 Å². The first-order chi connectivity index (χ1) is 8.88. The Labute approximate surface area is 116 Å². The molecule has 0 aromatic heterocycles. The number of carbonyl (C=O) groups excluding carboxylic acids is 2. The zero-order valence-corrected chi connectivity index (χ0v) is 12.1. The molecule has 0 aliphatic rings. The van der Waals surface area contributed by atoms with Crippen molar-refractivity contribution in [3.05, 3.63) is 0 Å². The van der Waals surface area contributed by atoms with Crippen molar-refractivity contribution in [2.75, 3.05) is 26.0 Å². The number of ether oxygens (including phenoxy) is 1. The van der Waals surface area contributed by atoms with Crippen molar-refractivity contribution in [1.82, 2.24) is 10.6 Å². The number of imide groups is 1. The summed E-state index contributed by atoms with van der Waals surface area (Å²) in [6.07, 6.45) is 0. The van der Waals surface area contributed by atoms with Crippen molar-refractivity contribution in [2.24, 2.45) is 5.92 Å². The van der Waals surface area contributed by atoms with E-state index in [0.717, 1.165) is 11.8 Å². The monoisotopic (exact) mass is 292 g/mol. The highest BCUT2D eigenvalue weighted by Crippen LogP contribution is 2.19. The summed E-state index contributed by atoms with van der Waals surface area (Å²) in [6, 6.07) is -0.612. The van der Waals surface area contributed by atoms with Gasteiger partial charge in [0.05, 0.1) is 12.4 Å². The molecule has 0 aliphatic heterocycles. The Morgan fingerprint density at radius 3 is 2.42 bits per heavy atom. The fraction of sp³-hybridized carbons (Fsp3) is 0.727. The zero-order chi connectivity index (χ0) is 14.8. The number of carbonyl (C=O) groups is 3. The molecule has 0 saturated heterocycles. The Hall–Kier alpha value is -1.28. The van der Waals surface area contributed by atoms with Gasteiger partial charge < -0.3 is 15.2 Å². The Bertz CT molecular complexity index is 322. The minimum absolute atomic E-state index is 0.0765. The predicted octanol–water partition coefficient (Wildman–Crippen LogP) is 0.301. The van der Waals surface area contributed by atoms with E-state index in [2.05, 4.69) is 10.6 Å². The molecule has 0 heterocycles. The predicted molar refractivity (Wildman–Crippen MR) is 72.1 cm³/mol. The maximum atomic E-state index is 11.4. The number of carboxylic acid groups (broad SMARTS) is 1.